The molecule has 0 unspecified atom stereocenters. The van der Waals surface area contributed by atoms with Crippen LogP contribution in [0.2, 0.25) is 0 Å². The Bertz CT molecular complexity index is 461. The predicted octanol–water partition coefficient (Wildman–Crippen LogP) is 2.46. The number of thiophene rings is 1. The molecule has 1 aromatic heterocycles. The van der Waals surface area contributed by atoms with Gasteiger partial charge in [-0.15, -0.1) is 0 Å². The summed E-state index contributed by atoms with van der Waals surface area (Å²) in [6.45, 7) is 7.88. The standard InChI is InChI=1S/C16H24N2O2S/c1-12(2)20-15-9-14(10-15)17-4-6-18(7-5-17)16(19)13-3-8-21-11-13/h3,8,11-12,14-15H,4-7,9-10H2,1-2H3. The largest absolute Gasteiger partial charge is 0.375 e. The number of amides is 1. The van der Waals surface area contributed by atoms with Crippen molar-refractivity contribution in [1.29, 1.82) is 0 Å². The minimum absolute atomic E-state index is 0.186. The van der Waals surface area contributed by atoms with Gasteiger partial charge in [-0.2, -0.15) is 11.3 Å². The lowest BCUT2D eigenvalue weighted by Gasteiger charge is -2.46. The quantitative estimate of drug-likeness (QED) is 0.856. The molecule has 3 rings (SSSR count). The third-order valence-corrected chi connectivity index (χ3v) is 5.10. The molecular weight excluding hydrogens is 284 g/mol. The molecule has 0 aromatic carbocycles. The fourth-order valence-electron chi connectivity index (χ4n) is 3.19. The predicted molar refractivity (Wildman–Crippen MR) is 84.8 cm³/mol. The van der Waals surface area contributed by atoms with Gasteiger partial charge in [0.25, 0.3) is 5.91 Å². The number of ether oxygens (including phenoxy) is 1. The monoisotopic (exact) mass is 308 g/mol. The molecule has 1 amide bonds. The normalized spacial score (nSPS) is 26.9. The second kappa shape index (κ2) is 6.46. The van der Waals surface area contributed by atoms with Gasteiger partial charge in [-0.1, -0.05) is 0 Å². The summed E-state index contributed by atoms with van der Waals surface area (Å²) in [5.41, 5.74) is 0.836. The van der Waals surface area contributed by atoms with Gasteiger partial charge in [-0.25, -0.2) is 0 Å². The van der Waals surface area contributed by atoms with Crippen molar-refractivity contribution in [1.82, 2.24) is 9.80 Å². The first-order chi connectivity index (χ1) is 10.1. The number of carbonyl (C=O) groups is 1. The van der Waals surface area contributed by atoms with Crippen LogP contribution in [-0.4, -0.2) is 60.1 Å². The van der Waals surface area contributed by atoms with E-state index in [-0.39, 0.29) is 5.91 Å². The molecule has 1 aliphatic heterocycles. The van der Waals surface area contributed by atoms with Crippen molar-refractivity contribution in [3.63, 3.8) is 0 Å². The number of carbonyl (C=O) groups excluding carboxylic acids is 1. The van der Waals surface area contributed by atoms with E-state index in [2.05, 4.69) is 18.7 Å². The molecule has 1 saturated carbocycles. The van der Waals surface area contributed by atoms with Crippen LogP contribution < -0.4 is 0 Å². The second-order valence-corrected chi connectivity index (χ2v) is 7.05. The fourth-order valence-corrected chi connectivity index (χ4v) is 3.82. The van der Waals surface area contributed by atoms with Crippen molar-refractivity contribution in [2.75, 3.05) is 26.2 Å². The van der Waals surface area contributed by atoms with E-state index in [1.165, 1.54) is 0 Å². The van der Waals surface area contributed by atoms with E-state index >= 15 is 0 Å². The number of hydrogen-bond acceptors (Lipinski definition) is 4. The molecule has 2 heterocycles. The van der Waals surface area contributed by atoms with Gasteiger partial charge in [0.15, 0.2) is 0 Å². The number of piperazine rings is 1. The number of hydrogen-bond donors (Lipinski definition) is 0. The molecular formula is C16H24N2O2S. The highest BCUT2D eigenvalue weighted by Crippen LogP contribution is 2.30. The first-order valence-electron chi connectivity index (χ1n) is 7.84. The molecule has 2 aliphatic rings. The molecule has 0 atom stereocenters. The Morgan fingerprint density at radius 2 is 2.00 bits per heavy atom. The summed E-state index contributed by atoms with van der Waals surface area (Å²) in [5.74, 6) is 0.186. The maximum absolute atomic E-state index is 12.3. The van der Waals surface area contributed by atoms with Crippen LogP contribution in [0.3, 0.4) is 0 Å². The minimum Gasteiger partial charge on any atom is -0.375 e. The van der Waals surface area contributed by atoms with Crippen LogP contribution in [0, 0.1) is 0 Å². The summed E-state index contributed by atoms with van der Waals surface area (Å²) >= 11 is 1.58. The molecule has 1 aliphatic carbocycles. The van der Waals surface area contributed by atoms with E-state index in [1.54, 1.807) is 11.3 Å². The molecule has 0 bridgehead atoms. The van der Waals surface area contributed by atoms with Crippen molar-refractivity contribution < 1.29 is 9.53 Å². The van der Waals surface area contributed by atoms with Crippen molar-refractivity contribution >= 4 is 17.2 Å². The van der Waals surface area contributed by atoms with Gasteiger partial charge in [-0.3, -0.25) is 9.69 Å². The van der Waals surface area contributed by atoms with E-state index < -0.39 is 0 Å². The lowest BCUT2D eigenvalue weighted by Crippen LogP contribution is -2.56. The van der Waals surface area contributed by atoms with E-state index in [0.717, 1.165) is 44.6 Å². The van der Waals surface area contributed by atoms with Crippen molar-refractivity contribution in [2.45, 2.75) is 44.9 Å². The highest BCUT2D eigenvalue weighted by Gasteiger charge is 2.36. The molecule has 2 fully saturated rings. The second-order valence-electron chi connectivity index (χ2n) is 6.27. The smallest absolute Gasteiger partial charge is 0.254 e. The Hall–Kier alpha value is -0.910. The van der Waals surface area contributed by atoms with Crippen LogP contribution in [-0.2, 0) is 4.74 Å². The van der Waals surface area contributed by atoms with E-state index in [1.807, 2.05) is 21.7 Å². The summed E-state index contributed by atoms with van der Waals surface area (Å²) in [6.07, 6.45) is 3.07. The first kappa shape index (κ1) is 15.0. The van der Waals surface area contributed by atoms with E-state index in [4.69, 9.17) is 4.74 Å². The lowest BCUT2D eigenvalue weighted by molar-refractivity contribution is -0.0819. The molecule has 116 valence electrons. The average molecular weight is 308 g/mol. The molecule has 1 aromatic rings. The zero-order valence-electron chi connectivity index (χ0n) is 12.8. The number of rotatable bonds is 4. The van der Waals surface area contributed by atoms with E-state index in [0.29, 0.717) is 18.2 Å². The summed E-state index contributed by atoms with van der Waals surface area (Å²) in [7, 11) is 0. The van der Waals surface area contributed by atoms with Crippen molar-refractivity contribution in [3.8, 4) is 0 Å². The molecule has 0 radical (unpaired) electrons. The van der Waals surface area contributed by atoms with Gasteiger partial charge in [0.2, 0.25) is 0 Å². The molecule has 4 nitrogen and oxygen atoms in total. The topological polar surface area (TPSA) is 32.8 Å². The Kier molecular flexibility index (Phi) is 4.62. The maximum Gasteiger partial charge on any atom is 0.254 e. The van der Waals surface area contributed by atoms with Gasteiger partial charge < -0.3 is 9.64 Å². The Labute approximate surface area is 130 Å². The van der Waals surface area contributed by atoms with Crippen LogP contribution >= 0.6 is 11.3 Å². The average Bonchev–Trinajstić information content (AvgIpc) is 2.96. The highest BCUT2D eigenvalue weighted by molar-refractivity contribution is 7.08. The molecule has 5 heteroatoms. The third-order valence-electron chi connectivity index (χ3n) is 4.42. The summed E-state index contributed by atoms with van der Waals surface area (Å²) in [4.78, 5) is 16.8. The maximum atomic E-state index is 12.3. The van der Waals surface area contributed by atoms with Crippen molar-refractivity contribution in [3.05, 3.63) is 22.4 Å². The third kappa shape index (κ3) is 3.47. The minimum atomic E-state index is 0.186. The Balaban J connectivity index is 1.43. The summed E-state index contributed by atoms with van der Waals surface area (Å²) in [5, 5.41) is 3.90. The van der Waals surface area contributed by atoms with Crippen LogP contribution in [0.4, 0.5) is 0 Å². The van der Waals surface area contributed by atoms with Crippen LogP contribution in [0.25, 0.3) is 0 Å². The lowest BCUT2D eigenvalue weighted by atomic mass is 9.87. The molecule has 0 N–H and O–H groups in total. The zero-order valence-corrected chi connectivity index (χ0v) is 13.6. The van der Waals surface area contributed by atoms with Crippen LogP contribution in [0.1, 0.15) is 37.0 Å². The van der Waals surface area contributed by atoms with Gasteiger partial charge in [0, 0.05) is 37.6 Å². The zero-order chi connectivity index (χ0) is 14.8. The SMILES string of the molecule is CC(C)OC1CC(N2CCN(C(=O)c3ccsc3)CC2)C1. The molecule has 21 heavy (non-hydrogen) atoms. The van der Waals surface area contributed by atoms with Gasteiger partial charge in [0.05, 0.1) is 17.8 Å². The molecule has 1 saturated heterocycles. The Morgan fingerprint density at radius 3 is 2.57 bits per heavy atom. The number of nitrogens with zero attached hydrogens (tertiary/aromatic N) is 2. The van der Waals surface area contributed by atoms with Gasteiger partial charge in [0.1, 0.15) is 0 Å². The van der Waals surface area contributed by atoms with Gasteiger partial charge in [-0.05, 0) is 38.1 Å². The Morgan fingerprint density at radius 1 is 1.29 bits per heavy atom. The van der Waals surface area contributed by atoms with Crippen LogP contribution in [0.5, 0.6) is 0 Å². The summed E-state index contributed by atoms with van der Waals surface area (Å²) < 4.78 is 5.83. The fraction of sp³-hybridized carbons (Fsp3) is 0.688. The first-order valence-corrected chi connectivity index (χ1v) is 8.78. The summed E-state index contributed by atoms with van der Waals surface area (Å²) in [6, 6.07) is 2.58. The molecule has 0 spiro atoms. The van der Waals surface area contributed by atoms with Crippen molar-refractivity contribution in [2.24, 2.45) is 0 Å². The highest BCUT2D eigenvalue weighted by atomic mass is 32.1. The van der Waals surface area contributed by atoms with Crippen LogP contribution in [0.15, 0.2) is 16.8 Å². The van der Waals surface area contributed by atoms with E-state index in [9.17, 15) is 4.79 Å². The van der Waals surface area contributed by atoms with Gasteiger partial charge >= 0.3 is 0 Å².